The minimum absolute atomic E-state index is 0.570. The van der Waals surface area contributed by atoms with Crippen LogP contribution in [0.4, 0.5) is 0 Å². The van der Waals surface area contributed by atoms with Crippen LogP contribution in [0.5, 0.6) is 0 Å². The van der Waals surface area contributed by atoms with E-state index in [0.29, 0.717) is 4.35 Å². The Morgan fingerprint density at radius 2 is 1.80 bits per heavy atom. The van der Waals surface area contributed by atoms with Crippen LogP contribution in [0, 0.1) is 0 Å². The summed E-state index contributed by atoms with van der Waals surface area (Å²) in [4.78, 5) is 0. The van der Waals surface area contributed by atoms with E-state index >= 15 is 0 Å². The fourth-order valence-electron chi connectivity index (χ4n) is 0.705. The molecule has 1 rings (SSSR count). The molecule has 1 unspecified atom stereocenters. The van der Waals surface area contributed by atoms with Crippen molar-refractivity contribution in [3.8, 4) is 0 Å². The molecule has 0 aliphatic rings. The van der Waals surface area contributed by atoms with Gasteiger partial charge in [-0.1, -0.05) is 0 Å². The topological polar surface area (TPSA) is 37.3 Å². The van der Waals surface area contributed by atoms with Crippen molar-refractivity contribution in [3.63, 3.8) is 0 Å². The van der Waals surface area contributed by atoms with Crippen molar-refractivity contribution >= 4 is 18.2 Å². The van der Waals surface area contributed by atoms with Crippen LogP contribution in [0.15, 0.2) is 30.3 Å². The molecule has 2 nitrogen and oxygen atoms in total. The number of hydrogen-bond acceptors (Lipinski definition) is 1. The third kappa shape index (κ3) is 1.76. The molecular formula is C7H9AsO2. The first-order chi connectivity index (χ1) is 4.61. The van der Waals surface area contributed by atoms with Gasteiger partial charge in [0.1, 0.15) is 0 Å². The van der Waals surface area contributed by atoms with Gasteiger partial charge in [0.15, 0.2) is 0 Å². The summed E-state index contributed by atoms with van der Waals surface area (Å²) in [6.45, 7) is 0. The molecule has 0 heterocycles. The van der Waals surface area contributed by atoms with Crippen LogP contribution in [0.3, 0.4) is 0 Å². The molecule has 3 heteroatoms. The van der Waals surface area contributed by atoms with E-state index in [1.54, 1.807) is 24.3 Å². The fourth-order valence-corrected chi connectivity index (χ4v) is 2.23. The van der Waals surface area contributed by atoms with Gasteiger partial charge in [0.25, 0.3) is 0 Å². The molecule has 0 saturated carbocycles. The van der Waals surface area contributed by atoms with Crippen molar-refractivity contribution in [2.24, 2.45) is 0 Å². The molecule has 0 amide bonds. The molecule has 0 bridgehead atoms. The van der Waals surface area contributed by atoms with Gasteiger partial charge in [-0.15, -0.1) is 0 Å². The second-order valence-electron chi connectivity index (χ2n) is 2.21. The molecule has 1 N–H and O–H groups in total. The zero-order valence-corrected chi connectivity index (χ0v) is 7.57. The maximum absolute atomic E-state index is 11.0. The molecule has 1 atom stereocenters. The second kappa shape index (κ2) is 2.65. The van der Waals surface area contributed by atoms with E-state index in [1.165, 1.54) is 5.71 Å². The molecular weight excluding hydrogens is 191 g/mol. The molecule has 0 fully saturated rings. The fraction of sp³-hybridized carbons (Fsp3) is 0.143. The van der Waals surface area contributed by atoms with Gasteiger partial charge in [-0.3, -0.25) is 0 Å². The Kier molecular flexibility index (Phi) is 2.02. The third-order valence-corrected chi connectivity index (χ3v) is 3.87. The van der Waals surface area contributed by atoms with Crippen molar-refractivity contribution in [2.75, 3.05) is 0 Å². The minimum atomic E-state index is -3.60. The normalized spacial score (nSPS) is 16.2. The Balaban J connectivity index is 3.09. The van der Waals surface area contributed by atoms with Gasteiger partial charge >= 0.3 is 62.1 Å². The summed E-state index contributed by atoms with van der Waals surface area (Å²) < 4.78 is 20.7. The van der Waals surface area contributed by atoms with E-state index in [2.05, 4.69) is 0 Å². The van der Waals surface area contributed by atoms with Crippen LogP contribution in [0.1, 0.15) is 0 Å². The Hall–Kier alpha value is -0.462. The third-order valence-electron chi connectivity index (χ3n) is 1.24. The van der Waals surface area contributed by atoms with Gasteiger partial charge in [-0.2, -0.15) is 0 Å². The Morgan fingerprint density at radius 3 is 2.10 bits per heavy atom. The van der Waals surface area contributed by atoms with Crippen molar-refractivity contribution in [2.45, 2.75) is 5.71 Å². The molecule has 0 aliphatic heterocycles. The molecule has 0 aromatic heterocycles. The SMILES string of the molecule is C[As](=O)(O)c1ccccc1. The van der Waals surface area contributed by atoms with Crippen molar-refractivity contribution in [1.82, 2.24) is 0 Å². The summed E-state index contributed by atoms with van der Waals surface area (Å²) in [5.41, 5.74) is 1.40. The maximum atomic E-state index is 11.0. The summed E-state index contributed by atoms with van der Waals surface area (Å²) >= 11 is -3.60. The average molecular weight is 200 g/mol. The van der Waals surface area contributed by atoms with Crippen LogP contribution in [-0.4, -0.2) is 17.9 Å². The van der Waals surface area contributed by atoms with Crippen molar-refractivity contribution in [1.29, 1.82) is 0 Å². The predicted molar refractivity (Wildman–Crippen MR) is 40.6 cm³/mol. The van der Waals surface area contributed by atoms with Crippen LogP contribution < -0.4 is 4.35 Å². The summed E-state index contributed by atoms with van der Waals surface area (Å²) in [6.07, 6.45) is 0. The standard InChI is InChI=1S/C7H9AsO2/c1-8(9,10)7-5-3-2-4-6-7/h2-6H,1H3,(H,9,10). The van der Waals surface area contributed by atoms with E-state index in [9.17, 15) is 3.74 Å². The first kappa shape index (κ1) is 7.64. The van der Waals surface area contributed by atoms with Gasteiger partial charge < -0.3 is 0 Å². The summed E-state index contributed by atoms with van der Waals surface area (Å²) in [7, 11) is 0. The number of hydrogen-bond donors (Lipinski definition) is 1. The van der Waals surface area contributed by atoms with Crippen molar-refractivity contribution < 1.29 is 7.84 Å². The Morgan fingerprint density at radius 1 is 1.30 bits per heavy atom. The number of benzene rings is 1. The first-order valence-electron chi connectivity index (χ1n) is 2.96. The van der Waals surface area contributed by atoms with E-state index in [1.807, 2.05) is 6.07 Å². The summed E-state index contributed by atoms with van der Waals surface area (Å²) in [6, 6.07) is 8.72. The molecule has 10 heavy (non-hydrogen) atoms. The van der Waals surface area contributed by atoms with Gasteiger partial charge in [-0.25, -0.2) is 0 Å². The zero-order valence-electron chi connectivity index (χ0n) is 5.69. The zero-order chi connectivity index (χ0) is 7.61. The quantitative estimate of drug-likeness (QED) is 0.665. The van der Waals surface area contributed by atoms with Gasteiger partial charge in [0.2, 0.25) is 0 Å². The van der Waals surface area contributed by atoms with E-state index in [4.69, 9.17) is 4.10 Å². The van der Waals surface area contributed by atoms with Gasteiger partial charge in [-0.05, 0) is 0 Å². The Bertz CT molecular complexity index is 250. The average Bonchev–Trinajstić information content (AvgIpc) is 1.88. The van der Waals surface area contributed by atoms with Crippen molar-refractivity contribution in [3.05, 3.63) is 30.3 Å². The van der Waals surface area contributed by atoms with E-state index in [0.717, 1.165) is 0 Å². The predicted octanol–water partition coefficient (Wildman–Crippen LogP) is 0.388. The first-order valence-corrected chi connectivity index (χ1v) is 7.38. The van der Waals surface area contributed by atoms with E-state index < -0.39 is 13.8 Å². The molecule has 0 aliphatic carbocycles. The van der Waals surface area contributed by atoms with Crippen LogP contribution >= 0.6 is 0 Å². The molecule has 0 spiro atoms. The van der Waals surface area contributed by atoms with Gasteiger partial charge in [0.05, 0.1) is 0 Å². The molecule has 0 radical (unpaired) electrons. The molecule has 54 valence electrons. The Labute approximate surface area is 62.5 Å². The van der Waals surface area contributed by atoms with Crippen LogP contribution in [0.25, 0.3) is 0 Å². The molecule has 1 aromatic rings. The molecule has 1 aromatic carbocycles. The summed E-state index contributed by atoms with van der Waals surface area (Å²) in [5.74, 6) is 0. The monoisotopic (exact) mass is 200 g/mol. The van der Waals surface area contributed by atoms with Crippen LogP contribution in [0.2, 0.25) is 5.71 Å². The number of rotatable bonds is 1. The van der Waals surface area contributed by atoms with Crippen LogP contribution in [-0.2, 0) is 3.74 Å². The van der Waals surface area contributed by atoms with Gasteiger partial charge in [0, 0.05) is 0 Å². The molecule has 0 saturated heterocycles. The summed E-state index contributed by atoms with van der Waals surface area (Å²) in [5, 5.41) is 0. The second-order valence-corrected chi connectivity index (χ2v) is 6.99. The van der Waals surface area contributed by atoms with E-state index in [-0.39, 0.29) is 0 Å².